The Morgan fingerprint density at radius 2 is 2.14 bits per heavy atom. The van der Waals surface area contributed by atoms with Gasteiger partial charge in [-0.05, 0) is 17.5 Å². The number of aromatic nitrogens is 2. The summed E-state index contributed by atoms with van der Waals surface area (Å²) in [6, 6.07) is 1.04. The van der Waals surface area contributed by atoms with Gasteiger partial charge in [-0.1, -0.05) is 13.8 Å². The third kappa shape index (κ3) is 3.24. The second-order valence-corrected chi connectivity index (χ2v) is 4.41. The second kappa shape index (κ2) is 7.58. The third-order valence-electron chi connectivity index (χ3n) is 3.01. The summed E-state index contributed by atoms with van der Waals surface area (Å²) < 4.78 is 6.08. The summed E-state index contributed by atoms with van der Waals surface area (Å²) in [6.45, 7) is 3.40. The monoisotopic (exact) mass is 332 g/mol. The van der Waals surface area contributed by atoms with Gasteiger partial charge in [0, 0.05) is 17.6 Å². The number of halogens is 1. The van der Waals surface area contributed by atoms with Crippen LogP contribution in [-0.4, -0.2) is 49.3 Å². The maximum absolute atomic E-state index is 11.7. The van der Waals surface area contributed by atoms with E-state index in [4.69, 9.17) is 21.4 Å². The number of aliphatic hydroxyl groups is 3. The first-order chi connectivity index (χ1) is 10.4. The van der Waals surface area contributed by atoms with Crippen LogP contribution < -0.4 is 11.2 Å². The number of nitrogens with zero attached hydrogens (tertiary/aromatic N) is 1. The van der Waals surface area contributed by atoms with Crippen LogP contribution in [0.2, 0.25) is 0 Å². The maximum Gasteiger partial charge on any atom is 0.330 e. The normalized spacial score (nSPS) is 30.0. The summed E-state index contributed by atoms with van der Waals surface area (Å²) in [7, 11) is 0. The minimum absolute atomic E-state index is 0.595. The van der Waals surface area contributed by atoms with Crippen molar-refractivity contribution in [2.45, 2.75) is 37.9 Å². The summed E-state index contributed by atoms with van der Waals surface area (Å²) in [6.07, 6.45) is -3.08. The van der Waals surface area contributed by atoms with Crippen molar-refractivity contribution in [1.29, 1.82) is 0 Å². The predicted octanol–water partition coefficient (Wildman–Crippen LogP) is -1.26. The van der Waals surface area contributed by atoms with Crippen molar-refractivity contribution < 1.29 is 20.1 Å². The van der Waals surface area contributed by atoms with Gasteiger partial charge < -0.3 is 20.1 Å². The van der Waals surface area contributed by atoms with Gasteiger partial charge in [-0.25, -0.2) is 4.79 Å². The van der Waals surface area contributed by atoms with Gasteiger partial charge in [0.05, 0.1) is 6.61 Å². The number of aromatic amines is 1. The molecule has 0 bridgehead atoms. The molecule has 122 valence electrons. The number of aliphatic hydroxyl groups excluding tert-OH is 2. The molecule has 9 heteroatoms. The molecule has 4 N–H and O–H groups in total. The molecule has 2 heterocycles. The molecule has 0 aromatic carbocycles. The summed E-state index contributed by atoms with van der Waals surface area (Å²) >= 11 is 5.25. The molecule has 0 radical (unpaired) electrons. The molecule has 0 saturated carbocycles. The fraction of sp³-hybridized carbons (Fsp3) is 0.538. The van der Waals surface area contributed by atoms with Gasteiger partial charge in [0.2, 0.25) is 5.60 Å². The van der Waals surface area contributed by atoms with E-state index >= 15 is 0 Å². The van der Waals surface area contributed by atoms with Crippen LogP contribution in [0, 0.1) is 11.3 Å². The molecule has 1 aliphatic rings. The quantitative estimate of drug-likeness (QED) is 0.501. The lowest BCUT2D eigenvalue weighted by Gasteiger charge is -2.26. The number of hydrogen-bond acceptors (Lipinski definition) is 6. The maximum atomic E-state index is 11.7. The summed E-state index contributed by atoms with van der Waals surface area (Å²) in [5.74, 6) is 2.16. The van der Waals surface area contributed by atoms with Gasteiger partial charge in [-0.3, -0.25) is 14.3 Å². The third-order valence-corrected chi connectivity index (χ3v) is 3.11. The molecule has 4 atom stereocenters. The molecule has 1 aliphatic heterocycles. The first-order valence-corrected chi connectivity index (χ1v) is 6.93. The number of hydrogen-bond donors (Lipinski definition) is 4. The van der Waals surface area contributed by atoms with E-state index in [1.165, 1.54) is 0 Å². The van der Waals surface area contributed by atoms with E-state index in [9.17, 15) is 19.8 Å². The highest BCUT2D eigenvalue weighted by molar-refractivity contribution is 6.30. The second-order valence-electron chi connectivity index (χ2n) is 4.22. The molecule has 4 unspecified atom stereocenters. The lowest BCUT2D eigenvalue weighted by molar-refractivity contribution is -0.0765. The van der Waals surface area contributed by atoms with Crippen LogP contribution in [0.1, 0.15) is 20.1 Å². The molecule has 1 aromatic heterocycles. The van der Waals surface area contributed by atoms with Crippen LogP contribution in [-0.2, 0) is 4.74 Å². The zero-order valence-corrected chi connectivity index (χ0v) is 12.7. The van der Waals surface area contributed by atoms with Crippen molar-refractivity contribution in [2.24, 2.45) is 0 Å². The van der Waals surface area contributed by atoms with Gasteiger partial charge in [-0.2, -0.15) is 0 Å². The molecule has 22 heavy (non-hydrogen) atoms. The summed E-state index contributed by atoms with van der Waals surface area (Å²) in [4.78, 5) is 24.7. The van der Waals surface area contributed by atoms with Crippen LogP contribution >= 0.6 is 11.6 Å². The van der Waals surface area contributed by atoms with Crippen molar-refractivity contribution in [3.8, 4) is 11.3 Å². The Morgan fingerprint density at radius 3 is 2.64 bits per heavy atom. The Balaban J connectivity index is 0.00000116. The van der Waals surface area contributed by atoms with E-state index in [2.05, 4.69) is 5.92 Å². The molecule has 1 saturated heterocycles. The zero-order valence-electron chi connectivity index (χ0n) is 12.0. The van der Waals surface area contributed by atoms with Crippen molar-refractivity contribution in [2.75, 3.05) is 6.61 Å². The molecular weight excluding hydrogens is 316 g/mol. The van der Waals surface area contributed by atoms with E-state index < -0.39 is 41.9 Å². The highest BCUT2D eigenvalue weighted by atomic mass is 35.5. The van der Waals surface area contributed by atoms with Crippen molar-refractivity contribution in [3.05, 3.63) is 33.1 Å². The topological polar surface area (TPSA) is 125 Å². The van der Waals surface area contributed by atoms with E-state index in [1.54, 1.807) is 0 Å². The fourth-order valence-electron chi connectivity index (χ4n) is 2.02. The van der Waals surface area contributed by atoms with Crippen molar-refractivity contribution in [1.82, 2.24) is 9.55 Å². The Labute approximate surface area is 130 Å². The summed E-state index contributed by atoms with van der Waals surface area (Å²) in [5, 5.41) is 31.3. The van der Waals surface area contributed by atoms with Gasteiger partial charge in [0.25, 0.3) is 5.56 Å². The first kappa shape index (κ1) is 18.4. The first-order valence-electron chi connectivity index (χ1n) is 6.55. The molecular formula is C13H17ClN2O6. The standard InChI is InChI=1S/C11H11ClN2O6.C2H6/c12-3-2-11(19)8(17)6(5-15)20-9(11)14-4-1-7(16)13-10(14)18;1-2/h1,4,6,8-9,15,17,19H,5H2,(H,13,16,18);1-2H3. The Bertz CT molecular complexity index is 675. The van der Waals surface area contributed by atoms with Crippen LogP contribution in [0.5, 0.6) is 0 Å². The van der Waals surface area contributed by atoms with Crippen molar-refractivity contribution in [3.63, 3.8) is 0 Å². The van der Waals surface area contributed by atoms with Crippen LogP contribution in [0.15, 0.2) is 21.9 Å². The average molecular weight is 333 g/mol. The van der Waals surface area contributed by atoms with E-state index in [-0.39, 0.29) is 0 Å². The van der Waals surface area contributed by atoms with Crippen LogP contribution in [0.25, 0.3) is 0 Å². The molecule has 1 fully saturated rings. The van der Waals surface area contributed by atoms with E-state index in [0.29, 0.717) is 0 Å². The highest BCUT2D eigenvalue weighted by Gasteiger charge is 2.55. The lowest BCUT2D eigenvalue weighted by atomic mass is 9.95. The number of ether oxygens (including phenoxy) is 1. The fourth-order valence-corrected chi connectivity index (χ4v) is 2.17. The molecule has 1 aromatic rings. The zero-order chi connectivity index (χ0) is 16.9. The minimum atomic E-state index is -2.20. The Hall–Kier alpha value is -1.63. The molecule has 2 rings (SSSR count). The summed E-state index contributed by atoms with van der Waals surface area (Å²) in [5.41, 5.74) is -3.68. The number of nitrogens with one attached hydrogen (secondary N) is 1. The van der Waals surface area contributed by atoms with Gasteiger partial charge in [0.15, 0.2) is 6.23 Å². The smallest absolute Gasteiger partial charge is 0.330 e. The lowest BCUT2D eigenvalue weighted by Crippen LogP contribution is -2.48. The SMILES string of the molecule is CC.O=c1ccn(C2OC(CO)C(O)C2(O)C#CCl)c(=O)[nH]1. The molecule has 0 spiro atoms. The highest BCUT2D eigenvalue weighted by Crippen LogP contribution is 2.37. The Morgan fingerprint density at radius 1 is 1.50 bits per heavy atom. The average Bonchev–Trinajstić information content (AvgIpc) is 2.74. The number of rotatable bonds is 2. The van der Waals surface area contributed by atoms with Crippen LogP contribution in [0.3, 0.4) is 0 Å². The van der Waals surface area contributed by atoms with Gasteiger partial charge in [-0.15, -0.1) is 0 Å². The van der Waals surface area contributed by atoms with Crippen molar-refractivity contribution >= 4 is 11.6 Å². The van der Waals surface area contributed by atoms with Gasteiger partial charge >= 0.3 is 5.69 Å². The molecule has 0 aliphatic carbocycles. The number of H-pyrrole nitrogens is 1. The Kier molecular flexibility index (Phi) is 6.34. The van der Waals surface area contributed by atoms with Gasteiger partial charge in [0.1, 0.15) is 12.2 Å². The molecule has 0 amide bonds. The predicted molar refractivity (Wildman–Crippen MR) is 78.3 cm³/mol. The molecule has 8 nitrogen and oxygen atoms in total. The van der Waals surface area contributed by atoms with E-state index in [0.717, 1.165) is 16.8 Å². The van der Waals surface area contributed by atoms with Crippen LogP contribution in [0.4, 0.5) is 0 Å². The largest absolute Gasteiger partial charge is 0.394 e. The van der Waals surface area contributed by atoms with E-state index in [1.807, 2.05) is 24.2 Å². The minimum Gasteiger partial charge on any atom is -0.394 e.